The Morgan fingerprint density at radius 3 is 2.48 bits per heavy atom. The Bertz CT molecular complexity index is 1140. The van der Waals surface area contributed by atoms with Crippen LogP contribution in [-0.2, 0) is 10.3 Å². The fraction of sp³-hybridized carbons (Fsp3) is 0.217. The highest BCUT2D eigenvalue weighted by Crippen LogP contribution is 2.43. The van der Waals surface area contributed by atoms with E-state index in [1.807, 2.05) is 18.2 Å². The first-order chi connectivity index (χ1) is 15.0. The van der Waals surface area contributed by atoms with E-state index in [-0.39, 0.29) is 17.7 Å². The van der Waals surface area contributed by atoms with Crippen molar-refractivity contribution < 1.29 is 19.4 Å². The Kier molecular flexibility index (Phi) is 4.54. The van der Waals surface area contributed by atoms with E-state index < -0.39 is 5.60 Å². The molecule has 5 rings (SSSR count). The number of benzene rings is 2. The molecule has 0 radical (unpaired) electrons. The highest BCUT2D eigenvalue weighted by molar-refractivity contribution is 5.95. The highest BCUT2D eigenvalue weighted by Gasteiger charge is 2.47. The van der Waals surface area contributed by atoms with Crippen LogP contribution in [-0.4, -0.2) is 45.1 Å². The zero-order valence-electron chi connectivity index (χ0n) is 16.6. The van der Waals surface area contributed by atoms with Gasteiger partial charge in [0, 0.05) is 37.1 Å². The summed E-state index contributed by atoms with van der Waals surface area (Å²) in [5.41, 5.74) is 2.34. The van der Waals surface area contributed by atoms with Crippen LogP contribution in [0.4, 0.5) is 10.6 Å². The average molecular weight is 416 g/mol. The number of hydrogen-bond acceptors (Lipinski definition) is 6. The normalized spacial score (nSPS) is 16.6. The van der Waals surface area contributed by atoms with Crippen LogP contribution in [0.5, 0.6) is 5.75 Å². The second-order valence-corrected chi connectivity index (χ2v) is 7.68. The van der Waals surface area contributed by atoms with Gasteiger partial charge in [0.2, 0.25) is 0 Å². The molecule has 2 N–H and O–H groups in total. The number of rotatable bonds is 2. The Labute approximate surface area is 178 Å². The van der Waals surface area contributed by atoms with Gasteiger partial charge in [-0.05, 0) is 30.3 Å². The minimum absolute atomic E-state index is 0.180. The van der Waals surface area contributed by atoms with Crippen LogP contribution in [0.3, 0.4) is 0 Å². The predicted octanol–water partition coefficient (Wildman–Crippen LogP) is 3.54. The summed E-state index contributed by atoms with van der Waals surface area (Å²) >= 11 is 0. The quantitative estimate of drug-likeness (QED) is 0.619. The van der Waals surface area contributed by atoms with Gasteiger partial charge in [0.15, 0.2) is 5.82 Å². The number of fused-ring (bicyclic) bond motifs is 2. The standard InChI is InChI=1S/C23H20N4O4/c28-16-7-5-15(6-8-16)19-13-25-20(14-24-19)26-22(30)27-11-9-23(10-12-27)18-4-2-1-3-17(18)21(29)31-23/h1-8,13-14,28H,9-12H2,(H,25,26,30). The Morgan fingerprint density at radius 1 is 1.03 bits per heavy atom. The third-order valence-corrected chi connectivity index (χ3v) is 5.83. The van der Waals surface area contributed by atoms with E-state index >= 15 is 0 Å². The van der Waals surface area contributed by atoms with Crippen LogP contribution in [0.2, 0.25) is 0 Å². The Morgan fingerprint density at radius 2 is 1.77 bits per heavy atom. The molecule has 3 aromatic rings. The number of nitrogens with zero attached hydrogens (tertiary/aromatic N) is 3. The van der Waals surface area contributed by atoms with Crippen molar-refractivity contribution in [3.8, 4) is 17.0 Å². The third-order valence-electron chi connectivity index (χ3n) is 5.83. The van der Waals surface area contributed by atoms with E-state index in [0.29, 0.717) is 43.0 Å². The summed E-state index contributed by atoms with van der Waals surface area (Å²) in [6.07, 6.45) is 4.17. The van der Waals surface area contributed by atoms with Crippen molar-refractivity contribution in [2.75, 3.05) is 18.4 Å². The summed E-state index contributed by atoms with van der Waals surface area (Å²) in [5.74, 6) is 0.239. The maximum Gasteiger partial charge on any atom is 0.339 e. The number of piperidine rings is 1. The van der Waals surface area contributed by atoms with Gasteiger partial charge in [0.1, 0.15) is 11.4 Å². The molecule has 0 atom stereocenters. The molecule has 2 aliphatic heterocycles. The molecule has 0 saturated carbocycles. The van der Waals surface area contributed by atoms with Crippen LogP contribution in [0.1, 0.15) is 28.8 Å². The monoisotopic (exact) mass is 416 g/mol. The van der Waals surface area contributed by atoms with Crippen molar-refractivity contribution in [3.63, 3.8) is 0 Å². The molecule has 0 bridgehead atoms. The number of phenolic OH excluding ortho intramolecular Hbond substituents is 1. The summed E-state index contributed by atoms with van der Waals surface area (Å²) in [7, 11) is 0. The molecule has 1 saturated heterocycles. The number of anilines is 1. The molecule has 3 heterocycles. The third kappa shape index (κ3) is 3.46. The number of aromatic hydroxyl groups is 1. The molecule has 156 valence electrons. The zero-order chi connectivity index (χ0) is 21.4. The lowest BCUT2D eigenvalue weighted by Gasteiger charge is -2.38. The number of esters is 1. The van der Waals surface area contributed by atoms with Gasteiger partial charge in [-0.1, -0.05) is 18.2 Å². The zero-order valence-corrected chi connectivity index (χ0v) is 16.6. The minimum atomic E-state index is -0.643. The number of ether oxygens (including phenoxy) is 1. The molecule has 2 amide bonds. The first-order valence-electron chi connectivity index (χ1n) is 10.0. The molecule has 1 fully saturated rings. The number of likely N-dealkylation sites (tertiary alicyclic amines) is 1. The molecule has 1 spiro atoms. The summed E-state index contributed by atoms with van der Waals surface area (Å²) in [5, 5.41) is 12.2. The number of urea groups is 1. The van der Waals surface area contributed by atoms with E-state index in [1.165, 1.54) is 6.20 Å². The van der Waals surface area contributed by atoms with Gasteiger partial charge in [-0.3, -0.25) is 10.3 Å². The van der Waals surface area contributed by atoms with Crippen molar-refractivity contribution >= 4 is 17.8 Å². The molecule has 8 nitrogen and oxygen atoms in total. The van der Waals surface area contributed by atoms with Gasteiger partial charge in [0.25, 0.3) is 0 Å². The average Bonchev–Trinajstić information content (AvgIpc) is 3.07. The Balaban J connectivity index is 1.23. The molecule has 2 aromatic carbocycles. The smallest absolute Gasteiger partial charge is 0.339 e. The topological polar surface area (TPSA) is 105 Å². The van der Waals surface area contributed by atoms with Gasteiger partial charge in [-0.15, -0.1) is 0 Å². The van der Waals surface area contributed by atoms with Crippen molar-refractivity contribution in [2.24, 2.45) is 0 Å². The first-order valence-corrected chi connectivity index (χ1v) is 10.0. The number of nitrogens with one attached hydrogen (secondary N) is 1. The lowest BCUT2D eigenvalue weighted by Crippen LogP contribution is -2.46. The summed E-state index contributed by atoms with van der Waals surface area (Å²) < 4.78 is 5.73. The number of amides is 2. The maximum atomic E-state index is 12.7. The lowest BCUT2D eigenvalue weighted by molar-refractivity contribution is -0.0363. The van der Waals surface area contributed by atoms with E-state index in [2.05, 4.69) is 15.3 Å². The number of carbonyl (C=O) groups is 2. The van der Waals surface area contributed by atoms with E-state index in [4.69, 9.17) is 4.74 Å². The van der Waals surface area contributed by atoms with Crippen molar-refractivity contribution in [2.45, 2.75) is 18.4 Å². The summed E-state index contributed by atoms with van der Waals surface area (Å²) in [6, 6.07) is 13.8. The van der Waals surface area contributed by atoms with Gasteiger partial charge >= 0.3 is 12.0 Å². The van der Waals surface area contributed by atoms with Crippen molar-refractivity contribution in [3.05, 3.63) is 72.1 Å². The fourth-order valence-corrected chi connectivity index (χ4v) is 4.15. The van der Waals surface area contributed by atoms with E-state index in [1.54, 1.807) is 41.4 Å². The molecular formula is C23H20N4O4. The van der Waals surface area contributed by atoms with Crippen LogP contribution >= 0.6 is 0 Å². The molecular weight excluding hydrogens is 396 g/mol. The molecule has 1 aromatic heterocycles. The second-order valence-electron chi connectivity index (χ2n) is 7.68. The SMILES string of the molecule is O=C1OC2(CCN(C(=O)Nc3cnc(-c4ccc(O)cc4)cn3)CC2)c2ccccc21. The lowest BCUT2D eigenvalue weighted by atomic mass is 9.84. The molecule has 8 heteroatoms. The van der Waals surface area contributed by atoms with Crippen LogP contribution in [0, 0.1) is 0 Å². The summed E-state index contributed by atoms with van der Waals surface area (Å²) in [6.45, 7) is 0.930. The molecule has 31 heavy (non-hydrogen) atoms. The Hall–Kier alpha value is -3.94. The van der Waals surface area contributed by atoms with Gasteiger partial charge in [-0.25, -0.2) is 14.6 Å². The molecule has 2 aliphatic rings. The van der Waals surface area contributed by atoms with Crippen LogP contribution < -0.4 is 5.32 Å². The first kappa shape index (κ1) is 19.0. The minimum Gasteiger partial charge on any atom is -0.508 e. The number of phenols is 1. The van der Waals surface area contributed by atoms with E-state index in [0.717, 1.165) is 11.1 Å². The van der Waals surface area contributed by atoms with Crippen molar-refractivity contribution in [1.29, 1.82) is 0 Å². The molecule has 0 unspecified atom stereocenters. The number of aromatic nitrogens is 2. The van der Waals surface area contributed by atoms with Gasteiger partial charge < -0.3 is 14.7 Å². The van der Waals surface area contributed by atoms with Crippen LogP contribution in [0.15, 0.2) is 60.9 Å². The highest BCUT2D eigenvalue weighted by atomic mass is 16.6. The second kappa shape index (κ2) is 7.39. The van der Waals surface area contributed by atoms with E-state index in [9.17, 15) is 14.7 Å². The van der Waals surface area contributed by atoms with Gasteiger partial charge in [-0.2, -0.15) is 0 Å². The van der Waals surface area contributed by atoms with Gasteiger partial charge in [0.05, 0.1) is 23.7 Å². The molecule has 0 aliphatic carbocycles. The fourth-order valence-electron chi connectivity index (χ4n) is 4.15. The predicted molar refractivity (Wildman–Crippen MR) is 112 cm³/mol. The number of carbonyl (C=O) groups excluding carboxylic acids is 2. The van der Waals surface area contributed by atoms with Crippen LogP contribution in [0.25, 0.3) is 11.3 Å². The summed E-state index contributed by atoms with van der Waals surface area (Å²) in [4.78, 5) is 35.2. The number of hydrogen-bond donors (Lipinski definition) is 2. The largest absolute Gasteiger partial charge is 0.508 e. The van der Waals surface area contributed by atoms with Crippen molar-refractivity contribution in [1.82, 2.24) is 14.9 Å². The maximum absolute atomic E-state index is 12.7.